The van der Waals surface area contributed by atoms with Gasteiger partial charge >= 0.3 is 0 Å². The van der Waals surface area contributed by atoms with Gasteiger partial charge in [-0.05, 0) is 34.6 Å². The summed E-state index contributed by atoms with van der Waals surface area (Å²) in [5, 5.41) is 7.94. The smallest absolute Gasteiger partial charge is 0.159 e. The zero-order valence-corrected chi connectivity index (χ0v) is 9.61. The summed E-state index contributed by atoms with van der Waals surface area (Å²) in [6.45, 7) is 10.9. The maximum Gasteiger partial charge on any atom is 0.159 e. The van der Waals surface area contributed by atoms with Crippen molar-refractivity contribution in [1.82, 2.24) is 14.8 Å². The second-order valence-corrected chi connectivity index (χ2v) is 4.65. The highest BCUT2D eigenvalue weighted by molar-refractivity contribution is 4.90. The molecule has 14 heavy (non-hydrogen) atoms. The summed E-state index contributed by atoms with van der Waals surface area (Å²) in [5.41, 5.74) is 0.0131. The Morgan fingerprint density at radius 3 is 2.57 bits per heavy atom. The SMILES string of the molecule is CC(C)OCc1nncn1C(C)(C)C. The molecule has 0 N–H and O–H groups in total. The van der Waals surface area contributed by atoms with Crippen molar-refractivity contribution >= 4 is 0 Å². The van der Waals surface area contributed by atoms with Crippen LogP contribution in [0.1, 0.15) is 40.4 Å². The monoisotopic (exact) mass is 197 g/mol. The van der Waals surface area contributed by atoms with Crippen LogP contribution in [0, 0.1) is 0 Å². The summed E-state index contributed by atoms with van der Waals surface area (Å²) in [7, 11) is 0. The zero-order valence-electron chi connectivity index (χ0n) is 9.61. The van der Waals surface area contributed by atoms with Gasteiger partial charge in [-0.2, -0.15) is 0 Å². The lowest BCUT2D eigenvalue weighted by Gasteiger charge is -2.22. The van der Waals surface area contributed by atoms with Gasteiger partial charge in [-0.1, -0.05) is 0 Å². The second kappa shape index (κ2) is 4.09. The summed E-state index contributed by atoms with van der Waals surface area (Å²) < 4.78 is 7.54. The van der Waals surface area contributed by atoms with Gasteiger partial charge in [-0.15, -0.1) is 10.2 Å². The van der Waals surface area contributed by atoms with Gasteiger partial charge < -0.3 is 9.30 Å². The van der Waals surface area contributed by atoms with Gasteiger partial charge in [0.05, 0.1) is 6.10 Å². The Bertz CT molecular complexity index is 286. The van der Waals surface area contributed by atoms with Gasteiger partial charge in [0.1, 0.15) is 12.9 Å². The summed E-state index contributed by atoms with van der Waals surface area (Å²) in [6, 6.07) is 0. The first-order valence-electron chi connectivity index (χ1n) is 4.92. The first-order valence-corrected chi connectivity index (χ1v) is 4.92. The lowest BCUT2D eigenvalue weighted by atomic mass is 10.1. The predicted octanol–water partition coefficient (Wildman–Crippen LogP) is 1.96. The maximum absolute atomic E-state index is 5.50. The fourth-order valence-electron chi connectivity index (χ4n) is 1.16. The molecule has 4 heteroatoms. The molecule has 0 spiro atoms. The molecule has 1 heterocycles. The van der Waals surface area contributed by atoms with E-state index in [0.29, 0.717) is 6.61 Å². The number of hydrogen-bond acceptors (Lipinski definition) is 3. The topological polar surface area (TPSA) is 39.9 Å². The van der Waals surface area contributed by atoms with Crippen LogP contribution in [0.5, 0.6) is 0 Å². The average molecular weight is 197 g/mol. The van der Waals surface area contributed by atoms with Gasteiger partial charge in [-0.25, -0.2) is 0 Å². The van der Waals surface area contributed by atoms with Crippen LogP contribution in [0.4, 0.5) is 0 Å². The lowest BCUT2D eigenvalue weighted by Crippen LogP contribution is -2.24. The normalized spacial score (nSPS) is 12.4. The molecular weight excluding hydrogens is 178 g/mol. The number of rotatable bonds is 3. The van der Waals surface area contributed by atoms with E-state index in [-0.39, 0.29) is 11.6 Å². The molecule has 0 radical (unpaired) electrons. The Labute approximate surface area is 85.3 Å². The molecule has 0 aliphatic rings. The molecule has 4 nitrogen and oxygen atoms in total. The second-order valence-electron chi connectivity index (χ2n) is 4.65. The molecule has 80 valence electrons. The minimum absolute atomic E-state index is 0.0131. The highest BCUT2D eigenvalue weighted by Crippen LogP contribution is 2.15. The third-order valence-corrected chi connectivity index (χ3v) is 1.89. The van der Waals surface area contributed by atoms with E-state index in [0.717, 1.165) is 5.82 Å². The van der Waals surface area contributed by atoms with Crippen LogP contribution < -0.4 is 0 Å². The van der Waals surface area contributed by atoms with E-state index in [9.17, 15) is 0 Å². The summed E-state index contributed by atoms with van der Waals surface area (Å²) in [6.07, 6.45) is 1.97. The maximum atomic E-state index is 5.50. The van der Waals surface area contributed by atoms with Crippen molar-refractivity contribution in [2.45, 2.75) is 52.9 Å². The third-order valence-electron chi connectivity index (χ3n) is 1.89. The molecule has 0 unspecified atom stereocenters. The van der Waals surface area contributed by atoms with Crippen LogP contribution in [-0.2, 0) is 16.9 Å². The van der Waals surface area contributed by atoms with E-state index < -0.39 is 0 Å². The van der Waals surface area contributed by atoms with E-state index in [1.54, 1.807) is 6.33 Å². The van der Waals surface area contributed by atoms with Gasteiger partial charge in [0.25, 0.3) is 0 Å². The molecule has 0 atom stereocenters. The van der Waals surface area contributed by atoms with Crippen LogP contribution in [-0.4, -0.2) is 20.9 Å². The number of ether oxygens (including phenoxy) is 1. The van der Waals surface area contributed by atoms with Gasteiger partial charge in [-0.3, -0.25) is 0 Å². The van der Waals surface area contributed by atoms with E-state index in [2.05, 4.69) is 31.0 Å². The molecule has 0 bridgehead atoms. The molecule has 1 aromatic rings. The third kappa shape index (κ3) is 2.80. The Morgan fingerprint density at radius 1 is 1.43 bits per heavy atom. The first-order chi connectivity index (χ1) is 6.41. The van der Waals surface area contributed by atoms with E-state index in [1.807, 2.05) is 18.4 Å². The number of aromatic nitrogens is 3. The predicted molar refractivity (Wildman–Crippen MR) is 54.9 cm³/mol. The van der Waals surface area contributed by atoms with Crippen molar-refractivity contribution in [2.24, 2.45) is 0 Å². The molecule has 0 aliphatic heterocycles. The molecule has 0 amide bonds. The summed E-state index contributed by atoms with van der Waals surface area (Å²) in [5.74, 6) is 0.881. The van der Waals surface area contributed by atoms with Crippen molar-refractivity contribution in [3.05, 3.63) is 12.2 Å². The average Bonchev–Trinajstić information content (AvgIpc) is 2.46. The van der Waals surface area contributed by atoms with Gasteiger partial charge in [0, 0.05) is 5.54 Å². The van der Waals surface area contributed by atoms with Crippen molar-refractivity contribution < 1.29 is 4.74 Å². The highest BCUT2D eigenvalue weighted by Gasteiger charge is 2.17. The summed E-state index contributed by atoms with van der Waals surface area (Å²) in [4.78, 5) is 0. The van der Waals surface area contributed by atoms with Crippen molar-refractivity contribution in [3.8, 4) is 0 Å². The Balaban J connectivity index is 2.73. The minimum atomic E-state index is 0.0131. The Kier molecular flexibility index (Phi) is 3.26. The molecule has 0 aromatic carbocycles. The number of hydrogen-bond donors (Lipinski definition) is 0. The van der Waals surface area contributed by atoms with Gasteiger partial charge in [0.15, 0.2) is 5.82 Å². The van der Waals surface area contributed by atoms with E-state index in [1.165, 1.54) is 0 Å². The largest absolute Gasteiger partial charge is 0.371 e. The zero-order chi connectivity index (χ0) is 10.8. The van der Waals surface area contributed by atoms with Crippen molar-refractivity contribution in [2.75, 3.05) is 0 Å². The standard InChI is InChI=1S/C10H19N3O/c1-8(2)14-6-9-12-11-7-13(9)10(3,4)5/h7-8H,6H2,1-5H3. The molecule has 1 rings (SSSR count). The highest BCUT2D eigenvalue weighted by atomic mass is 16.5. The molecule has 0 saturated heterocycles. The Hall–Kier alpha value is -0.900. The van der Waals surface area contributed by atoms with Crippen LogP contribution in [0.15, 0.2) is 6.33 Å². The van der Waals surface area contributed by atoms with E-state index in [4.69, 9.17) is 4.74 Å². The molecule has 1 aromatic heterocycles. The quantitative estimate of drug-likeness (QED) is 0.743. The number of nitrogens with zero attached hydrogens (tertiary/aromatic N) is 3. The molecule has 0 fully saturated rings. The fraction of sp³-hybridized carbons (Fsp3) is 0.800. The van der Waals surface area contributed by atoms with Crippen LogP contribution in [0.2, 0.25) is 0 Å². The van der Waals surface area contributed by atoms with Crippen LogP contribution in [0.25, 0.3) is 0 Å². The van der Waals surface area contributed by atoms with Crippen molar-refractivity contribution in [1.29, 1.82) is 0 Å². The fourth-order valence-corrected chi connectivity index (χ4v) is 1.16. The summed E-state index contributed by atoms with van der Waals surface area (Å²) >= 11 is 0. The van der Waals surface area contributed by atoms with Gasteiger partial charge in [0.2, 0.25) is 0 Å². The Morgan fingerprint density at radius 2 is 2.07 bits per heavy atom. The molecule has 0 saturated carbocycles. The molecule has 0 aliphatic carbocycles. The van der Waals surface area contributed by atoms with E-state index >= 15 is 0 Å². The van der Waals surface area contributed by atoms with Crippen LogP contribution in [0.3, 0.4) is 0 Å². The minimum Gasteiger partial charge on any atom is -0.371 e. The van der Waals surface area contributed by atoms with Crippen molar-refractivity contribution in [3.63, 3.8) is 0 Å². The molecular formula is C10H19N3O. The lowest BCUT2D eigenvalue weighted by molar-refractivity contribution is 0.0572. The van der Waals surface area contributed by atoms with Crippen LogP contribution >= 0.6 is 0 Å². The first kappa shape index (κ1) is 11.2.